The van der Waals surface area contributed by atoms with Gasteiger partial charge in [-0.2, -0.15) is 0 Å². The Morgan fingerprint density at radius 1 is 1.39 bits per heavy atom. The van der Waals surface area contributed by atoms with Crippen LogP contribution in [0.4, 0.5) is 10.2 Å². The zero-order chi connectivity index (χ0) is 13.1. The molecule has 2 N–H and O–H groups in total. The maximum Gasteiger partial charge on any atom is 0.257 e. The lowest BCUT2D eigenvalue weighted by atomic mass is 10.2. The monoisotopic (exact) mass is 252 g/mol. The Morgan fingerprint density at radius 3 is 2.94 bits per heavy atom. The number of rotatable bonds is 1. The molecule has 0 saturated carbocycles. The summed E-state index contributed by atoms with van der Waals surface area (Å²) in [4.78, 5) is 19.8. The zero-order valence-corrected chi connectivity index (χ0v) is 10.4. The average Bonchev–Trinajstić information content (AvgIpc) is 2.56. The van der Waals surface area contributed by atoms with Crippen molar-refractivity contribution in [3.8, 4) is 0 Å². The van der Waals surface area contributed by atoms with E-state index in [9.17, 15) is 9.18 Å². The minimum atomic E-state index is -0.542. The third kappa shape index (κ3) is 2.76. The largest absolute Gasteiger partial charge is 0.383 e. The van der Waals surface area contributed by atoms with Crippen molar-refractivity contribution in [2.45, 2.75) is 6.42 Å². The Labute approximate surface area is 105 Å². The molecule has 1 aromatic heterocycles. The highest BCUT2D eigenvalue weighted by Crippen LogP contribution is 2.14. The van der Waals surface area contributed by atoms with Gasteiger partial charge < -0.3 is 15.5 Å². The molecule has 0 unspecified atom stereocenters. The van der Waals surface area contributed by atoms with Gasteiger partial charge in [0.25, 0.3) is 5.91 Å². The summed E-state index contributed by atoms with van der Waals surface area (Å²) >= 11 is 0. The summed E-state index contributed by atoms with van der Waals surface area (Å²) in [5.74, 6) is -0.701. The molecule has 6 heteroatoms. The Hall–Kier alpha value is -1.69. The molecule has 1 fully saturated rings. The average molecular weight is 252 g/mol. The number of halogens is 1. The summed E-state index contributed by atoms with van der Waals surface area (Å²) in [6.07, 6.45) is 1.92. The SMILES string of the molecule is CN1CCCN(C(=O)c2cc(F)cnc2N)CC1. The van der Waals surface area contributed by atoms with Crippen LogP contribution in [0.1, 0.15) is 16.8 Å². The van der Waals surface area contributed by atoms with Gasteiger partial charge in [-0.05, 0) is 26.1 Å². The first-order valence-electron chi connectivity index (χ1n) is 5.97. The molecule has 0 bridgehead atoms. The standard InChI is InChI=1S/C12H17FN4O/c1-16-3-2-4-17(6-5-16)12(18)10-7-9(13)8-15-11(10)14/h7-8H,2-6H2,1H3,(H2,14,15). The quantitative estimate of drug-likeness (QED) is 0.794. The van der Waals surface area contributed by atoms with Crippen LogP contribution >= 0.6 is 0 Å². The van der Waals surface area contributed by atoms with Crippen molar-refractivity contribution >= 4 is 11.7 Å². The van der Waals surface area contributed by atoms with E-state index in [-0.39, 0.29) is 17.3 Å². The van der Waals surface area contributed by atoms with E-state index < -0.39 is 5.82 Å². The Morgan fingerprint density at radius 2 is 2.17 bits per heavy atom. The minimum Gasteiger partial charge on any atom is -0.383 e. The number of pyridine rings is 1. The number of carbonyl (C=O) groups excluding carboxylic acids is 1. The molecule has 1 aromatic rings. The van der Waals surface area contributed by atoms with Crippen molar-refractivity contribution in [2.75, 3.05) is 39.0 Å². The predicted octanol–water partition coefficient (Wildman–Crippen LogP) is 0.581. The van der Waals surface area contributed by atoms with Gasteiger partial charge >= 0.3 is 0 Å². The van der Waals surface area contributed by atoms with Crippen molar-refractivity contribution in [3.05, 3.63) is 23.6 Å². The second kappa shape index (κ2) is 5.30. The van der Waals surface area contributed by atoms with Gasteiger partial charge in [0, 0.05) is 19.6 Å². The van der Waals surface area contributed by atoms with E-state index in [1.165, 1.54) is 0 Å². The van der Waals surface area contributed by atoms with Crippen molar-refractivity contribution in [1.29, 1.82) is 0 Å². The number of nitrogen functional groups attached to an aromatic ring is 1. The third-order valence-corrected chi connectivity index (χ3v) is 3.12. The van der Waals surface area contributed by atoms with Crippen LogP contribution in [-0.2, 0) is 0 Å². The highest BCUT2D eigenvalue weighted by molar-refractivity contribution is 5.98. The Bertz CT molecular complexity index is 452. The first-order chi connectivity index (χ1) is 8.58. The van der Waals surface area contributed by atoms with E-state index >= 15 is 0 Å². The fourth-order valence-electron chi connectivity index (χ4n) is 2.04. The molecule has 2 rings (SSSR count). The van der Waals surface area contributed by atoms with Gasteiger partial charge in [-0.3, -0.25) is 4.79 Å². The summed E-state index contributed by atoms with van der Waals surface area (Å²) in [6.45, 7) is 3.07. The molecular weight excluding hydrogens is 235 g/mol. The fourth-order valence-corrected chi connectivity index (χ4v) is 2.04. The second-order valence-corrected chi connectivity index (χ2v) is 4.54. The second-order valence-electron chi connectivity index (χ2n) is 4.54. The summed E-state index contributed by atoms with van der Waals surface area (Å²) in [5, 5.41) is 0. The first kappa shape index (κ1) is 12.8. The number of likely N-dealkylation sites (N-methyl/N-ethyl adjacent to an activating group) is 1. The highest BCUT2D eigenvalue weighted by atomic mass is 19.1. The normalized spacial score (nSPS) is 17.6. The van der Waals surface area contributed by atoms with E-state index in [4.69, 9.17) is 5.73 Å². The van der Waals surface area contributed by atoms with Crippen molar-refractivity contribution in [3.63, 3.8) is 0 Å². The summed E-state index contributed by atoms with van der Waals surface area (Å²) in [5.41, 5.74) is 5.78. The number of anilines is 1. The molecular formula is C12H17FN4O. The lowest BCUT2D eigenvalue weighted by molar-refractivity contribution is 0.0763. The van der Waals surface area contributed by atoms with Crippen LogP contribution in [0.15, 0.2) is 12.3 Å². The number of amides is 1. The molecule has 1 saturated heterocycles. The van der Waals surface area contributed by atoms with Crippen molar-refractivity contribution in [1.82, 2.24) is 14.8 Å². The number of nitrogens with two attached hydrogens (primary N) is 1. The number of aromatic nitrogens is 1. The predicted molar refractivity (Wildman–Crippen MR) is 66.6 cm³/mol. The first-order valence-corrected chi connectivity index (χ1v) is 5.97. The molecule has 0 atom stereocenters. The van der Waals surface area contributed by atoms with E-state index in [0.29, 0.717) is 13.1 Å². The molecule has 0 radical (unpaired) electrons. The van der Waals surface area contributed by atoms with Crippen molar-refractivity contribution < 1.29 is 9.18 Å². The van der Waals surface area contributed by atoms with Crippen LogP contribution in [0.5, 0.6) is 0 Å². The van der Waals surface area contributed by atoms with Crippen molar-refractivity contribution in [2.24, 2.45) is 0 Å². The number of nitrogens with zero attached hydrogens (tertiary/aromatic N) is 3. The molecule has 0 aromatic carbocycles. The van der Waals surface area contributed by atoms with Crippen LogP contribution in [-0.4, -0.2) is 53.9 Å². The highest BCUT2D eigenvalue weighted by Gasteiger charge is 2.21. The van der Waals surface area contributed by atoms with Gasteiger partial charge in [0.1, 0.15) is 11.6 Å². The summed E-state index contributed by atoms with van der Waals surface area (Å²) in [6, 6.07) is 1.15. The Balaban J connectivity index is 2.17. The van der Waals surface area contributed by atoms with Crippen LogP contribution < -0.4 is 5.73 Å². The topological polar surface area (TPSA) is 62.5 Å². The lowest BCUT2D eigenvalue weighted by Gasteiger charge is -2.21. The molecule has 18 heavy (non-hydrogen) atoms. The zero-order valence-electron chi connectivity index (χ0n) is 10.4. The maximum atomic E-state index is 13.1. The number of hydrogen-bond acceptors (Lipinski definition) is 4. The van der Waals surface area contributed by atoms with E-state index in [1.54, 1.807) is 4.90 Å². The molecule has 2 heterocycles. The van der Waals surface area contributed by atoms with Gasteiger partial charge in [-0.25, -0.2) is 9.37 Å². The smallest absolute Gasteiger partial charge is 0.257 e. The van der Waals surface area contributed by atoms with Crippen LogP contribution in [0.25, 0.3) is 0 Å². The van der Waals surface area contributed by atoms with E-state index in [2.05, 4.69) is 9.88 Å². The Kier molecular flexibility index (Phi) is 3.76. The van der Waals surface area contributed by atoms with E-state index in [1.807, 2.05) is 7.05 Å². The van der Waals surface area contributed by atoms with Gasteiger partial charge in [-0.15, -0.1) is 0 Å². The summed E-state index contributed by atoms with van der Waals surface area (Å²) < 4.78 is 13.1. The van der Waals surface area contributed by atoms with Crippen LogP contribution in [0, 0.1) is 5.82 Å². The molecule has 1 aliphatic rings. The van der Waals surface area contributed by atoms with Crippen LogP contribution in [0.2, 0.25) is 0 Å². The summed E-state index contributed by atoms with van der Waals surface area (Å²) in [7, 11) is 2.02. The molecule has 98 valence electrons. The minimum absolute atomic E-state index is 0.0824. The molecule has 0 aliphatic carbocycles. The van der Waals surface area contributed by atoms with Gasteiger partial charge in [-0.1, -0.05) is 0 Å². The third-order valence-electron chi connectivity index (χ3n) is 3.12. The number of hydrogen-bond donors (Lipinski definition) is 1. The molecule has 1 amide bonds. The van der Waals surface area contributed by atoms with Gasteiger partial charge in [0.15, 0.2) is 0 Å². The van der Waals surface area contributed by atoms with Gasteiger partial charge in [0.2, 0.25) is 0 Å². The molecule has 1 aliphatic heterocycles. The molecule has 5 nitrogen and oxygen atoms in total. The fraction of sp³-hybridized carbons (Fsp3) is 0.500. The maximum absolute atomic E-state index is 13.1. The molecule has 0 spiro atoms. The van der Waals surface area contributed by atoms with Gasteiger partial charge in [0.05, 0.1) is 11.8 Å². The lowest BCUT2D eigenvalue weighted by Crippen LogP contribution is -2.35. The van der Waals surface area contributed by atoms with Crippen LogP contribution in [0.3, 0.4) is 0 Å². The van der Waals surface area contributed by atoms with E-state index in [0.717, 1.165) is 31.8 Å². The number of carbonyl (C=O) groups is 1.